The predicted octanol–water partition coefficient (Wildman–Crippen LogP) is 3.94. The van der Waals surface area contributed by atoms with Gasteiger partial charge in [-0.2, -0.15) is 4.98 Å². The van der Waals surface area contributed by atoms with Crippen molar-refractivity contribution in [2.45, 2.75) is 6.92 Å². The Morgan fingerprint density at radius 1 is 1.00 bits per heavy atom. The van der Waals surface area contributed by atoms with Crippen LogP contribution in [-0.2, 0) is 0 Å². The van der Waals surface area contributed by atoms with Gasteiger partial charge in [-0.05, 0) is 25.1 Å². The highest BCUT2D eigenvalue weighted by Crippen LogP contribution is 2.24. The summed E-state index contributed by atoms with van der Waals surface area (Å²) in [5.41, 5.74) is 1.82. The van der Waals surface area contributed by atoms with Gasteiger partial charge in [0, 0.05) is 17.3 Å². The molecule has 0 bridgehead atoms. The fourth-order valence-electron chi connectivity index (χ4n) is 2.12. The van der Waals surface area contributed by atoms with E-state index in [0.717, 1.165) is 11.3 Å². The van der Waals surface area contributed by atoms with Gasteiger partial charge in [0.05, 0.1) is 5.56 Å². The van der Waals surface area contributed by atoms with Gasteiger partial charge in [0.1, 0.15) is 5.75 Å². The molecule has 0 atom stereocenters. The molecule has 23 heavy (non-hydrogen) atoms. The summed E-state index contributed by atoms with van der Waals surface area (Å²) in [5, 5.41) is 9.03. The quantitative estimate of drug-likeness (QED) is 0.790. The lowest BCUT2D eigenvalue weighted by atomic mass is 10.2. The lowest BCUT2D eigenvalue weighted by Crippen LogP contribution is -1.98. The average molecular weight is 306 g/mol. The number of benzene rings is 2. The first-order valence-electron chi connectivity index (χ1n) is 7.04. The summed E-state index contributed by atoms with van der Waals surface area (Å²) < 4.78 is 5.70. The van der Waals surface area contributed by atoms with Crippen molar-refractivity contribution >= 4 is 5.97 Å². The number of rotatable bonds is 4. The second kappa shape index (κ2) is 6.27. The zero-order valence-corrected chi connectivity index (χ0v) is 12.4. The lowest BCUT2D eigenvalue weighted by molar-refractivity contribution is 0.0696. The van der Waals surface area contributed by atoms with Crippen LogP contribution in [0.1, 0.15) is 16.1 Å². The van der Waals surface area contributed by atoms with E-state index in [1.165, 1.54) is 12.1 Å². The third-order valence-electron chi connectivity index (χ3n) is 3.17. The lowest BCUT2D eigenvalue weighted by Gasteiger charge is -2.08. The summed E-state index contributed by atoms with van der Waals surface area (Å²) in [4.78, 5) is 19.8. The zero-order valence-electron chi connectivity index (χ0n) is 12.4. The van der Waals surface area contributed by atoms with E-state index >= 15 is 0 Å². The summed E-state index contributed by atoms with van der Waals surface area (Å²) in [5.74, 6) is 0.357. The van der Waals surface area contributed by atoms with Crippen molar-refractivity contribution in [3.8, 4) is 23.0 Å². The van der Waals surface area contributed by atoms with Crippen molar-refractivity contribution in [1.82, 2.24) is 9.97 Å². The van der Waals surface area contributed by atoms with Crippen LogP contribution in [0.4, 0.5) is 0 Å². The van der Waals surface area contributed by atoms with Crippen molar-refractivity contribution in [3.63, 3.8) is 0 Å². The van der Waals surface area contributed by atoms with Gasteiger partial charge in [-0.25, -0.2) is 9.78 Å². The van der Waals surface area contributed by atoms with Crippen molar-refractivity contribution in [2.24, 2.45) is 0 Å². The van der Waals surface area contributed by atoms with Gasteiger partial charge in [-0.3, -0.25) is 0 Å². The van der Waals surface area contributed by atoms with Crippen molar-refractivity contribution in [1.29, 1.82) is 0 Å². The average Bonchev–Trinajstić information content (AvgIpc) is 2.55. The number of aromatic carboxylic acids is 1. The van der Waals surface area contributed by atoms with E-state index in [1.54, 1.807) is 18.2 Å². The summed E-state index contributed by atoms with van der Waals surface area (Å²) in [7, 11) is 0. The number of ether oxygens (including phenoxy) is 1. The van der Waals surface area contributed by atoms with E-state index in [-0.39, 0.29) is 5.56 Å². The molecule has 0 saturated heterocycles. The fourth-order valence-corrected chi connectivity index (χ4v) is 2.12. The Bertz CT molecular complexity index is 848. The van der Waals surface area contributed by atoms with Gasteiger partial charge >= 0.3 is 5.97 Å². The number of aromatic nitrogens is 2. The highest BCUT2D eigenvalue weighted by atomic mass is 16.5. The van der Waals surface area contributed by atoms with E-state index in [0.29, 0.717) is 17.5 Å². The highest BCUT2D eigenvalue weighted by Gasteiger charge is 2.08. The standard InChI is InChI=1S/C18H14N2O3/c1-12-10-16(20-17(19-12)13-6-3-2-4-7-13)23-15-9-5-8-14(11-15)18(21)22/h2-11H,1H3,(H,21,22). The van der Waals surface area contributed by atoms with Crippen LogP contribution in [0.2, 0.25) is 0 Å². The molecule has 114 valence electrons. The molecule has 0 aliphatic carbocycles. The van der Waals surface area contributed by atoms with Crippen LogP contribution < -0.4 is 4.74 Å². The Kier molecular flexibility index (Phi) is 4.01. The molecule has 0 spiro atoms. The maximum atomic E-state index is 11.0. The first-order chi connectivity index (χ1) is 11.1. The molecule has 0 amide bonds. The number of carbonyl (C=O) groups is 1. The second-order valence-electron chi connectivity index (χ2n) is 4.97. The Morgan fingerprint density at radius 3 is 2.52 bits per heavy atom. The smallest absolute Gasteiger partial charge is 0.335 e. The van der Waals surface area contributed by atoms with Gasteiger partial charge < -0.3 is 9.84 Å². The van der Waals surface area contributed by atoms with Crippen LogP contribution in [0.3, 0.4) is 0 Å². The van der Waals surface area contributed by atoms with Crippen LogP contribution in [0.15, 0.2) is 60.7 Å². The summed E-state index contributed by atoms with van der Waals surface area (Å²) in [6.07, 6.45) is 0. The van der Waals surface area contributed by atoms with Gasteiger partial charge in [0.15, 0.2) is 5.82 Å². The van der Waals surface area contributed by atoms with Gasteiger partial charge in [0.25, 0.3) is 0 Å². The van der Waals surface area contributed by atoms with Crippen molar-refractivity contribution in [3.05, 3.63) is 71.9 Å². The molecule has 3 rings (SSSR count). The van der Waals surface area contributed by atoms with E-state index in [1.807, 2.05) is 37.3 Å². The third-order valence-corrected chi connectivity index (χ3v) is 3.17. The predicted molar refractivity (Wildman–Crippen MR) is 85.7 cm³/mol. The van der Waals surface area contributed by atoms with E-state index in [2.05, 4.69) is 9.97 Å². The number of nitrogens with zero attached hydrogens (tertiary/aromatic N) is 2. The topological polar surface area (TPSA) is 72.3 Å². The van der Waals surface area contributed by atoms with Crippen LogP contribution in [0.25, 0.3) is 11.4 Å². The molecule has 1 aromatic heterocycles. The number of carboxylic acid groups (broad SMARTS) is 1. The number of carboxylic acids is 1. The van der Waals surface area contributed by atoms with Crippen LogP contribution in [0, 0.1) is 6.92 Å². The first kappa shape index (κ1) is 14.7. The zero-order chi connectivity index (χ0) is 16.2. The summed E-state index contributed by atoms with van der Waals surface area (Å²) in [6.45, 7) is 1.86. The molecule has 0 aliphatic rings. The molecule has 1 N–H and O–H groups in total. The number of aryl methyl sites for hydroxylation is 1. The monoisotopic (exact) mass is 306 g/mol. The third kappa shape index (κ3) is 3.52. The minimum absolute atomic E-state index is 0.163. The Balaban J connectivity index is 1.93. The Hall–Kier alpha value is -3.21. The molecule has 0 unspecified atom stereocenters. The molecule has 0 radical (unpaired) electrons. The molecular weight excluding hydrogens is 292 g/mol. The molecule has 5 heteroatoms. The van der Waals surface area contributed by atoms with Crippen LogP contribution >= 0.6 is 0 Å². The van der Waals surface area contributed by atoms with Crippen LogP contribution in [0.5, 0.6) is 11.6 Å². The first-order valence-corrected chi connectivity index (χ1v) is 7.04. The number of hydrogen-bond acceptors (Lipinski definition) is 4. The molecule has 2 aromatic carbocycles. The maximum absolute atomic E-state index is 11.0. The highest BCUT2D eigenvalue weighted by molar-refractivity contribution is 5.88. The van der Waals surface area contributed by atoms with E-state index in [4.69, 9.17) is 9.84 Å². The summed E-state index contributed by atoms with van der Waals surface area (Å²) >= 11 is 0. The SMILES string of the molecule is Cc1cc(Oc2cccc(C(=O)O)c2)nc(-c2ccccc2)n1. The maximum Gasteiger partial charge on any atom is 0.335 e. The number of hydrogen-bond donors (Lipinski definition) is 1. The molecule has 5 nitrogen and oxygen atoms in total. The largest absolute Gasteiger partial charge is 0.478 e. The molecule has 3 aromatic rings. The summed E-state index contributed by atoms with van der Waals surface area (Å²) in [6, 6.07) is 17.6. The minimum atomic E-state index is -1.00. The second-order valence-corrected chi connectivity index (χ2v) is 4.97. The van der Waals surface area contributed by atoms with Gasteiger partial charge in [-0.15, -0.1) is 0 Å². The fraction of sp³-hybridized carbons (Fsp3) is 0.0556. The molecule has 0 aliphatic heterocycles. The van der Waals surface area contributed by atoms with Gasteiger partial charge in [0.2, 0.25) is 5.88 Å². The molecular formula is C18H14N2O3. The molecule has 1 heterocycles. The molecule has 0 saturated carbocycles. The van der Waals surface area contributed by atoms with Gasteiger partial charge in [-0.1, -0.05) is 36.4 Å². The van der Waals surface area contributed by atoms with Crippen LogP contribution in [-0.4, -0.2) is 21.0 Å². The normalized spacial score (nSPS) is 10.3. The van der Waals surface area contributed by atoms with Crippen molar-refractivity contribution in [2.75, 3.05) is 0 Å². The Labute approximate surface area is 133 Å². The van der Waals surface area contributed by atoms with E-state index < -0.39 is 5.97 Å². The Morgan fingerprint density at radius 2 is 1.78 bits per heavy atom. The minimum Gasteiger partial charge on any atom is -0.478 e. The van der Waals surface area contributed by atoms with Crippen molar-refractivity contribution < 1.29 is 14.6 Å². The molecule has 0 fully saturated rings. The van der Waals surface area contributed by atoms with E-state index in [9.17, 15) is 4.79 Å².